The fraction of sp³-hybridized carbons (Fsp3) is 0.0556. The summed E-state index contributed by atoms with van der Waals surface area (Å²) in [4.78, 5) is 3.35. The zero-order valence-corrected chi connectivity index (χ0v) is 16.0. The van der Waals surface area contributed by atoms with Gasteiger partial charge in [0, 0.05) is 32.7 Å². The first-order chi connectivity index (χ1) is 12.5. The summed E-state index contributed by atoms with van der Waals surface area (Å²) >= 11 is 17.6. The summed E-state index contributed by atoms with van der Waals surface area (Å²) < 4.78 is 1.92. The Bertz CT molecular complexity index is 1200. The number of nitrogens with one attached hydrogen (secondary N) is 2. The first-order valence-electron chi connectivity index (χ1n) is 7.79. The van der Waals surface area contributed by atoms with Crippen molar-refractivity contribution in [2.24, 2.45) is 5.10 Å². The molecule has 4 rings (SSSR count). The summed E-state index contributed by atoms with van der Waals surface area (Å²) in [5.74, 6) is 0.519. The summed E-state index contributed by atoms with van der Waals surface area (Å²) in [5.41, 5.74) is 3.77. The number of para-hydroxylation sites is 1. The average Bonchev–Trinajstić information content (AvgIpc) is 3.12. The molecule has 2 aromatic carbocycles. The van der Waals surface area contributed by atoms with E-state index in [9.17, 15) is 0 Å². The largest absolute Gasteiger partial charge is 0.358 e. The van der Waals surface area contributed by atoms with E-state index in [4.69, 9.17) is 35.4 Å². The molecule has 0 saturated heterocycles. The maximum absolute atomic E-state index is 6.31. The Hall–Kier alpha value is -2.41. The van der Waals surface area contributed by atoms with Crippen LogP contribution in [0.1, 0.15) is 11.3 Å². The Morgan fingerprint density at radius 3 is 2.81 bits per heavy atom. The highest BCUT2D eigenvalue weighted by atomic mass is 35.5. The first-order valence-corrected chi connectivity index (χ1v) is 8.95. The lowest BCUT2D eigenvalue weighted by Crippen LogP contribution is -1.96. The second-order valence-corrected chi connectivity index (χ2v) is 6.97. The molecule has 2 heterocycles. The number of fused-ring (bicyclic) bond motifs is 1. The predicted octanol–water partition coefficient (Wildman–Crippen LogP) is 5.59. The molecule has 5 nitrogen and oxygen atoms in total. The molecule has 2 aromatic heterocycles. The van der Waals surface area contributed by atoms with E-state index in [1.807, 2.05) is 31.2 Å². The SMILES string of the molecule is Cc1[nH]c2ccccc2c1/C=N/n1c(-c2ccc(Cl)cc2Cl)n[nH]c1=S. The third kappa shape index (κ3) is 2.96. The highest BCUT2D eigenvalue weighted by molar-refractivity contribution is 7.71. The zero-order valence-electron chi connectivity index (χ0n) is 13.6. The monoisotopic (exact) mass is 401 g/mol. The third-order valence-electron chi connectivity index (χ3n) is 4.07. The zero-order chi connectivity index (χ0) is 18.3. The van der Waals surface area contributed by atoms with Crippen LogP contribution in [0.5, 0.6) is 0 Å². The molecule has 8 heteroatoms. The van der Waals surface area contributed by atoms with Crippen LogP contribution in [0.2, 0.25) is 10.0 Å². The fourth-order valence-corrected chi connectivity index (χ4v) is 3.50. The topological polar surface area (TPSA) is 61.8 Å². The Morgan fingerprint density at radius 2 is 2.00 bits per heavy atom. The van der Waals surface area contributed by atoms with E-state index in [0.717, 1.165) is 22.2 Å². The Labute approximate surface area is 164 Å². The van der Waals surface area contributed by atoms with E-state index >= 15 is 0 Å². The van der Waals surface area contributed by atoms with Crippen molar-refractivity contribution in [3.05, 3.63) is 68.5 Å². The smallest absolute Gasteiger partial charge is 0.216 e. The van der Waals surface area contributed by atoms with E-state index in [0.29, 0.717) is 26.2 Å². The number of aromatic nitrogens is 4. The lowest BCUT2D eigenvalue weighted by molar-refractivity contribution is 0.871. The van der Waals surface area contributed by atoms with Gasteiger partial charge in [-0.05, 0) is 43.4 Å². The van der Waals surface area contributed by atoms with E-state index in [1.165, 1.54) is 0 Å². The molecule has 0 saturated carbocycles. The van der Waals surface area contributed by atoms with Gasteiger partial charge in [0.1, 0.15) is 0 Å². The standard InChI is InChI=1S/C18H13Cl2N5S/c1-10-14(12-4-2-3-5-16(12)22-10)9-21-25-17(23-24-18(25)26)13-7-6-11(19)8-15(13)20/h2-9,22H,1H3,(H,24,26)/b21-9+. The van der Waals surface area contributed by atoms with Gasteiger partial charge in [-0.2, -0.15) is 14.9 Å². The molecule has 0 aliphatic carbocycles. The molecule has 0 unspecified atom stereocenters. The molecule has 0 amide bonds. The van der Waals surface area contributed by atoms with Crippen molar-refractivity contribution in [1.29, 1.82) is 0 Å². The molecule has 2 N–H and O–H groups in total. The minimum atomic E-state index is 0.375. The number of nitrogens with zero attached hydrogens (tertiary/aromatic N) is 3. The van der Waals surface area contributed by atoms with Crippen molar-refractivity contribution in [2.45, 2.75) is 6.92 Å². The van der Waals surface area contributed by atoms with Crippen LogP contribution in [0.15, 0.2) is 47.6 Å². The number of benzene rings is 2. The molecular weight excluding hydrogens is 389 g/mol. The van der Waals surface area contributed by atoms with Gasteiger partial charge in [-0.25, -0.2) is 5.10 Å². The summed E-state index contributed by atoms with van der Waals surface area (Å²) in [5, 5.41) is 13.7. The van der Waals surface area contributed by atoms with Gasteiger partial charge in [0.15, 0.2) is 5.82 Å². The maximum Gasteiger partial charge on any atom is 0.216 e. The van der Waals surface area contributed by atoms with Crippen molar-refractivity contribution in [2.75, 3.05) is 0 Å². The van der Waals surface area contributed by atoms with Crippen LogP contribution in [0.25, 0.3) is 22.3 Å². The van der Waals surface area contributed by atoms with Gasteiger partial charge in [-0.15, -0.1) is 0 Å². The molecule has 0 aliphatic heterocycles. The second kappa shape index (κ2) is 6.72. The summed E-state index contributed by atoms with van der Waals surface area (Å²) in [6, 6.07) is 13.3. The molecule has 0 fully saturated rings. The van der Waals surface area contributed by atoms with Crippen LogP contribution in [0.4, 0.5) is 0 Å². The van der Waals surface area contributed by atoms with Crippen molar-refractivity contribution >= 4 is 52.5 Å². The van der Waals surface area contributed by atoms with Crippen molar-refractivity contribution in [3.8, 4) is 11.4 Å². The molecule has 0 spiro atoms. The lowest BCUT2D eigenvalue weighted by atomic mass is 10.1. The Balaban J connectivity index is 1.82. The van der Waals surface area contributed by atoms with E-state index in [1.54, 1.807) is 29.1 Å². The molecule has 0 radical (unpaired) electrons. The number of aryl methyl sites for hydroxylation is 1. The number of rotatable bonds is 3. The Morgan fingerprint density at radius 1 is 1.19 bits per heavy atom. The van der Waals surface area contributed by atoms with Gasteiger partial charge in [0.05, 0.1) is 11.2 Å². The van der Waals surface area contributed by atoms with Crippen molar-refractivity contribution in [3.63, 3.8) is 0 Å². The minimum Gasteiger partial charge on any atom is -0.358 e. The molecule has 0 atom stereocenters. The van der Waals surface area contributed by atoms with Crippen LogP contribution >= 0.6 is 35.4 Å². The minimum absolute atomic E-state index is 0.375. The highest BCUT2D eigenvalue weighted by Crippen LogP contribution is 2.29. The van der Waals surface area contributed by atoms with E-state index < -0.39 is 0 Å². The predicted molar refractivity (Wildman–Crippen MR) is 109 cm³/mol. The van der Waals surface area contributed by atoms with Gasteiger partial charge < -0.3 is 4.98 Å². The highest BCUT2D eigenvalue weighted by Gasteiger charge is 2.13. The fourth-order valence-electron chi connectivity index (χ4n) is 2.82. The Kier molecular flexibility index (Phi) is 4.40. The summed E-state index contributed by atoms with van der Waals surface area (Å²) in [6.45, 7) is 2.01. The van der Waals surface area contributed by atoms with Crippen molar-refractivity contribution < 1.29 is 0 Å². The van der Waals surface area contributed by atoms with Gasteiger partial charge in [0.2, 0.25) is 4.77 Å². The first kappa shape index (κ1) is 17.0. The van der Waals surface area contributed by atoms with Crippen LogP contribution < -0.4 is 0 Å². The third-order valence-corrected chi connectivity index (χ3v) is 4.88. The maximum atomic E-state index is 6.31. The number of aromatic amines is 2. The quantitative estimate of drug-likeness (QED) is 0.347. The van der Waals surface area contributed by atoms with Gasteiger partial charge in [-0.1, -0.05) is 41.4 Å². The molecular formula is C18H13Cl2N5S. The lowest BCUT2D eigenvalue weighted by Gasteiger charge is -2.04. The van der Waals surface area contributed by atoms with Crippen molar-refractivity contribution in [1.82, 2.24) is 19.9 Å². The van der Waals surface area contributed by atoms with E-state index in [2.05, 4.69) is 20.3 Å². The normalized spacial score (nSPS) is 11.7. The van der Waals surface area contributed by atoms with Crippen LogP contribution in [0.3, 0.4) is 0 Å². The summed E-state index contributed by atoms with van der Waals surface area (Å²) in [6.07, 6.45) is 1.77. The number of hydrogen-bond acceptors (Lipinski definition) is 3. The summed E-state index contributed by atoms with van der Waals surface area (Å²) in [7, 11) is 0. The van der Waals surface area contributed by atoms with Crippen LogP contribution in [-0.4, -0.2) is 26.1 Å². The van der Waals surface area contributed by atoms with Gasteiger partial charge in [0.25, 0.3) is 0 Å². The number of halogens is 2. The van der Waals surface area contributed by atoms with Gasteiger partial charge in [-0.3, -0.25) is 0 Å². The molecule has 26 heavy (non-hydrogen) atoms. The molecule has 0 aliphatic rings. The average molecular weight is 402 g/mol. The van der Waals surface area contributed by atoms with Crippen LogP contribution in [-0.2, 0) is 0 Å². The molecule has 130 valence electrons. The number of H-pyrrole nitrogens is 2. The van der Waals surface area contributed by atoms with Gasteiger partial charge >= 0.3 is 0 Å². The van der Waals surface area contributed by atoms with E-state index in [-0.39, 0.29) is 0 Å². The van der Waals surface area contributed by atoms with Crippen LogP contribution in [0, 0.1) is 11.7 Å². The second-order valence-electron chi connectivity index (χ2n) is 5.74. The molecule has 0 bridgehead atoms. The number of hydrogen-bond donors (Lipinski definition) is 2. The molecule has 4 aromatic rings.